The number of nitrogens with zero attached hydrogens (tertiary/aromatic N) is 3. The first-order chi connectivity index (χ1) is 20.8. The number of aliphatic hydroxyl groups is 1. The molecule has 9 nitrogen and oxygen atoms in total. The van der Waals surface area contributed by atoms with E-state index in [0.717, 1.165) is 16.9 Å². The van der Waals surface area contributed by atoms with Crippen LogP contribution >= 0.6 is 46.3 Å². The molecule has 3 heterocycles. The molecule has 1 unspecified atom stereocenters. The highest BCUT2D eigenvalue weighted by atomic mass is 35.5. The summed E-state index contributed by atoms with van der Waals surface area (Å²) in [6, 6.07) is 16.2. The van der Waals surface area contributed by atoms with Crippen molar-refractivity contribution in [2.45, 2.75) is 23.1 Å². The lowest BCUT2D eigenvalue weighted by molar-refractivity contribution is -0.132. The molecule has 0 aliphatic carbocycles. The Bertz CT molecular complexity index is 1760. The number of ketones is 1. The van der Waals surface area contributed by atoms with Crippen LogP contribution in [-0.2, 0) is 15.3 Å². The van der Waals surface area contributed by atoms with Gasteiger partial charge in [-0.15, -0.1) is 10.2 Å². The Morgan fingerprint density at radius 3 is 2.67 bits per heavy atom. The van der Waals surface area contributed by atoms with Crippen LogP contribution in [0.2, 0.25) is 10.0 Å². The number of Topliss-reactive ketones (excluding diaryl/α,β-unsaturated/α-hetero) is 1. The minimum Gasteiger partial charge on any atom is -0.507 e. The number of fused-ring (bicyclic) bond motifs is 1. The summed E-state index contributed by atoms with van der Waals surface area (Å²) in [5.74, 6) is -0.0165. The summed E-state index contributed by atoms with van der Waals surface area (Å²) >= 11 is 14.9. The Kier molecular flexibility index (Phi) is 8.49. The molecular weight excluding hydrogens is 633 g/mol. The second-order valence-corrected chi connectivity index (χ2v) is 12.4. The van der Waals surface area contributed by atoms with Crippen LogP contribution in [0.4, 0.5) is 5.13 Å². The third-order valence-corrected chi connectivity index (χ3v) is 9.40. The SMILES string of the molecule is CCOc1cccc(C2C(=C(O)c3ccc4c(c3)OCCO4)C(=O)C(=O)N2c2nnc(SCc3ccc(Cl)cc3Cl)s2)c1. The van der Waals surface area contributed by atoms with E-state index in [1.807, 2.05) is 13.0 Å². The highest BCUT2D eigenvalue weighted by Crippen LogP contribution is 2.45. The van der Waals surface area contributed by atoms with Gasteiger partial charge in [-0.3, -0.25) is 14.5 Å². The van der Waals surface area contributed by atoms with Crippen molar-refractivity contribution in [1.82, 2.24) is 10.2 Å². The number of thioether (sulfide) groups is 1. The van der Waals surface area contributed by atoms with E-state index in [1.165, 1.54) is 16.7 Å². The summed E-state index contributed by atoms with van der Waals surface area (Å²) in [6.07, 6.45) is 0. The average Bonchev–Trinajstić information content (AvgIpc) is 3.58. The largest absolute Gasteiger partial charge is 0.507 e. The Labute approximate surface area is 265 Å². The van der Waals surface area contributed by atoms with Gasteiger partial charge >= 0.3 is 5.91 Å². The Hall–Kier alpha value is -3.77. The molecule has 1 atom stereocenters. The van der Waals surface area contributed by atoms with Gasteiger partial charge in [-0.1, -0.05) is 64.5 Å². The second-order valence-electron chi connectivity index (χ2n) is 9.41. The maximum Gasteiger partial charge on any atom is 0.301 e. The van der Waals surface area contributed by atoms with Gasteiger partial charge in [0.2, 0.25) is 5.13 Å². The quantitative estimate of drug-likeness (QED) is 0.0710. The molecule has 6 rings (SSSR count). The van der Waals surface area contributed by atoms with Crippen molar-refractivity contribution < 1.29 is 28.9 Å². The number of hydrogen-bond donors (Lipinski definition) is 1. The predicted octanol–water partition coefficient (Wildman–Crippen LogP) is 6.93. The van der Waals surface area contributed by atoms with Crippen LogP contribution in [-0.4, -0.2) is 46.8 Å². The third-order valence-electron chi connectivity index (χ3n) is 6.71. The molecule has 0 saturated carbocycles. The van der Waals surface area contributed by atoms with Crippen LogP contribution in [0.5, 0.6) is 17.2 Å². The molecule has 1 aromatic heterocycles. The van der Waals surface area contributed by atoms with E-state index in [4.69, 9.17) is 37.4 Å². The molecule has 1 saturated heterocycles. The highest BCUT2D eigenvalue weighted by molar-refractivity contribution is 8.00. The molecule has 0 radical (unpaired) electrons. The van der Waals surface area contributed by atoms with Crippen molar-refractivity contribution in [3.63, 3.8) is 0 Å². The number of hydrogen-bond acceptors (Lipinski definition) is 10. The lowest BCUT2D eigenvalue weighted by Crippen LogP contribution is -2.29. The maximum absolute atomic E-state index is 13.6. The monoisotopic (exact) mass is 655 g/mol. The summed E-state index contributed by atoms with van der Waals surface area (Å²) in [4.78, 5) is 28.5. The van der Waals surface area contributed by atoms with Gasteiger partial charge in [-0.25, -0.2) is 0 Å². The van der Waals surface area contributed by atoms with Crippen LogP contribution in [0, 0.1) is 0 Å². The lowest BCUT2D eigenvalue weighted by atomic mass is 9.95. The number of anilines is 1. The van der Waals surface area contributed by atoms with E-state index in [9.17, 15) is 14.7 Å². The van der Waals surface area contributed by atoms with Gasteiger partial charge in [0.1, 0.15) is 24.7 Å². The van der Waals surface area contributed by atoms with E-state index in [1.54, 1.807) is 54.6 Å². The zero-order valence-corrected chi connectivity index (χ0v) is 25.7. The molecule has 2 aliphatic rings. The van der Waals surface area contributed by atoms with Gasteiger partial charge in [0.15, 0.2) is 15.8 Å². The minimum atomic E-state index is -0.995. The first-order valence-corrected chi connectivity index (χ1v) is 15.7. The number of halogens is 2. The normalized spacial score (nSPS) is 17.4. The number of aromatic nitrogens is 2. The number of benzene rings is 3. The Morgan fingerprint density at radius 2 is 1.88 bits per heavy atom. The van der Waals surface area contributed by atoms with Crippen LogP contribution in [0.1, 0.15) is 29.7 Å². The van der Waals surface area contributed by atoms with E-state index in [2.05, 4.69) is 10.2 Å². The number of carbonyl (C=O) groups excluding carboxylic acids is 2. The smallest absolute Gasteiger partial charge is 0.301 e. The third kappa shape index (κ3) is 5.90. The van der Waals surface area contributed by atoms with Gasteiger partial charge < -0.3 is 19.3 Å². The molecule has 1 amide bonds. The van der Waals surface area contributed by atoms with Crippen molar-refractivity contribution in [2.75, 3.05) is 24.7 Å². The lowest BCUT2D eigenvalue weighted by Gasteiger charge is -2.23. The van der Waals surface area contributed by atoms with Crippen molar-refractivity contribution in [1.29, 1.82) is 0 Å². The van der Waals surface area contributed by atoms with Crippen molar-refractivity contribution in [3.8, 4) is 17.2 Å². The average molecular weight is 657 g/mol. The molecule has 1 fully saturated rings. The van der Waals surface area contributed by atoms with Crippen LogP contribution in [0.25, 0.3) is 5.76 Å². The zero-order valence-electron chi connectivity index (χ0n) is 22.6. The van der Waals surface area contributed by atoms with Gasteiger partial charge in [0.05, 0.1) is 18.2 Å². The molecule has 1 N–H and O–H groups in total. The minimum absolute atomic E-state index is 0.0901. The summed E-state index contributed by atoms with van der Waals surface area (Å²) in [5.41, 5.74) is 1.64. The molecular formula is C30H23Cl2N3O6S2. The van der Waals surface area contributed by atoms with E-state index < -0.39 is 17.7 Å². The highest BCUT2D eigenvalue weighted by Gasteiger charge is 2.48. The Morgan fingerprint density at radius 1 is 1.07 bits per heavy atom. The molecule has 43 heavy (non-hydrogen) atoms. The van der Waals surface area contributed by atoms with Gasteiger partial charge in [0.25, 0.3) is 5.78 Å². The molecule has 0 spiro atoms. The fourth-order valence-electron chi connectivity index (χ4n) is 4.77. The summed E-state index contributed by atoms with van der Waals surface area (Å²) in [6.45, 7) is 3.05. The van der Waals surface area contributed by atoms with Gasteiger partial charge in [-0.05, 0) is 60.5 Å². The fourth-order valence-corrected chi connectivity index (χ4v) is 7.19. The molecule has 4 aromatic rings. The van der Waals surface area contributed by atoms with Crippen LogP contribution in [0.3, 0.4) is 0 Å². The summed E-state index contributed by atoms with van der Waals surface area (Å²) in [7, 11) is 0. The van der Waals surface area contributed by atoms with Crippen molar-refractivity contribution in [2.24, 2.45) is 0 Å². The number of aliphatic hydroxyl groups excluding tert-OH is 1. The maximum atomic E-state index is 13.6. The van der Waals surface area contributed by atoms with E-state index in [0.29, 0.717) is 68.3 Å². The number of rotatable bonds is 8. The first-order valence-electron chi connectivity index (χ1n) is 13.2. The van der Waals surface area contributed by atoms with Gasteiger partial charge in [0, 0.05) is 21.4 Å². The molecule has 2 aliphatic heterocycles. The number of carbonyl (C=O) groups is 2. The molecule has 0 bridgehead atoms. The predicted molar refractivity (Wildman–Crippen MR) is 166 cm³/mol. The summed E-state index contributed by atoms with van der Waals surface area (Å²) < 4.78 is 17.5. The zero-order chi connectivity index (χ0) is 30.1. The van der Waals surface area contributed by atoms with E-state index >= 15 is 0 Å². The van der Waals surface area contributed by atoms with Crippen LogP contribution in [0.15, 0.2) is 70.6 Å². The number of amides is 1. The Balaban J connectivity index is 1.39. The van der Waals surface area contributed by atoms with Gasteiger partial charge in [-0.2, -0.15) is 0 Å². The molecule has 220 valence electrons. The molecule has 3 aromatic carbocycles. The standard InChI is InChI=1S/C30H23Cl2N3O6S2/c1-2-39-20-5-3-4-16(12-20)25-24(26(36)17-7-9-22-23(13-17)41-11-10-40-22)27(37)28(38)35(25)29-33-34-30(43-29)42-15-18-6-8-19(31)14-21(18)32/h3-9,12-14,25,36H,2,10-11,15H2,1H3. The number of ether oxygens (including phenoxy) is 3. The van der Waals surface area contributed by atoms with Crippen molar-refractivity contribution >= 4 is 68.9 Å². The first kappa shape index (κ1) is 29.3. The van der Waals surface area contributed by atoms with E-state index in [-0.39, 0.29) is 16.5 Å². The molecule has 13 heteroatoms. The second kappa shape index (κ2) is 12.5. The van der Waals surface area contributed by atoms with Crippen molar-refractivity contribution in [3.05, 3.63) is 93.0 Å². The topological polar surface area (TPSA) is 111 Å². The van der Waals surface area contributed by atoms with Crippen LogP contribution < -0.4 is 19.1 Å². The summed E-state index contributed by atoms with van der Waals surface area (Å²) in [5, 5.41) is 21.3. The fraction of sp³-hybridized carbons (Fsp3) is 0.200.